The number of hydrogen-bond donors (Lipinski definition) is 2. The monoisotopic (exact) mass is 393 g/mol. The normalized spacial score (nSPS) is 14.2. The molecular weight excluding hydrogens is 374 g/mol. The van der Waals surface area contributed by atoms with Gasteiger partial charge in [0.15, 0.2) is 0 Å². The Balaban J connectivity index is 1.60. The summed E-state index contributed by atoms with van der Waals surface area (Å²) in [6.07, 6.45) is 1.82. The minimum absolute atomic E-state index is 0.0183. The number of benzene rings is 1. The van der Waals surface area contributed by atoms with E-state index in [0.717, 1.165) is 28.5 Å². The molecule has 0 bridgehead atoms. The second-order valence-corrected chi connectivity index (χ2v) is 9.31. The van der Waals surface area contributed by atoms with Crippen LogP contribution in [0.1, 0.15) is 12.8 Å². The summed E-state index contributed by atoms with van der Waals surface area (Å²) in [5.41, 5.74) is 1.09. The third kappa shape index (κ3) is 4.48. The highest BCUT2D eigenvalue weighted by Crippen LogP contribution is 2.30. The summed E-state index contributed by atoms with van der Waals surface area (Å²) in [4.78, 5) is 24.0. The molecule has 2 amide bonds. The standard InChI is InChI=1S/C17H19N3O4S2/c1-20(26(23,24)16-6-3-9-25-16)11-15(21)18-13-4-2-5-14(10-13)19-17(22)12-7-8-12/h2-6,9-10,12H,7-8,11H2,1H3,(H,18,21)(H,19,22). The predicted molar refractivity (Wildman–Crippen MR) is 101 cm³/mol. The number of sulfonamides is 1. The SMILES string of the molecule is CN(CC(=O)Nc1cccc(NC(=O)C2CC2)c1)S(=O)(=O)c1cccs1. The Kier molecular flexibility index (Phi) is 5.40. The van der Waals surface area contributed by atoms with E-state index in [1.165, 1.54) is 13.1 Å². The number of hydrogen-bond acceptors (Lipinski definition) is 5. The summed E-state index contributed by atoms with van der Waals surface area (Å²) >= 11 is 1.10. The van der Waals surface area contributed by atoms with Crippen LogP contribution in [0.3, 0.4) is 0 Å². The fraction of sp³-hybridized carbons (Fsp3) is 0.294. The van der Waals surface area contributed by atoms with Crippen LogP contribution in [-0.2, 0) is 19.6 Å². The molecule has 1 aromatic carbocycles. The molecule has 138 valence electrons. The van der Waals surface area contributed by atoms with Gasteiger partial charge in [-0.1, -0.05) is 12.1 Å². The maximum atomic E-state index is 12.3. The molecule has 2 aromatic rings. The number of amides is 2. The zero-order chi connectivity index (χ0) is 18.7. The first kappa shape index (κ1) is 18.6. The van der Waals surface area contributed by atoms with E-state index < -0.39 is 15.9 Å². The number of nitrogens with zero attached hydrogens (tertiary/aromatic N) is 1. The van der Waals surface area contributed by atoms with Gasteiger partial charge in [-0.15, -0.1) is 11.3 Å². The van der Waals surface area contributed by atoms with Crippen LogP contribution < -0.4 is 10.6 Å². The predicted octanol–water partition coefficient (Wildman–Crippen LogP) is 2.36. The van der Waals surface area contributed by atoms with E-state index in [0.29, 0.717) is 11.4 Å². The molecule has 0 aliphatic heterocycles. The minimum atomic E-state index is -3.68. The van der Waals surface area contributed by atoms with Gasteiger partial charge in [0.05, 0.1) is 6.54 Å². The second-order valence-electron chi connectivity index (χ2n) is 6.09. The van der Waals surface area contributed by atoms with Gasteiger partial charge in [-0.25, -0.2) is 8.42 Å². The van der Waals surface area contributed by atoms with Crippen LogP contribution >= 0.6 is 11.3 Å². The van der Waals surface area contributed by atoms with E-state index in [1.54, 1.807) is 35.7 Å². The van der Waals surface area contributed by atoms with Gasteiger partial charge in [0.2, 0.25) is 11.8 Å². The Bertz CT molecular complexity index is 906. The lowest BCUT2D eigenvalue weighted by Crippen LogP contribution is -2.34. The molecule has 1 aromatic heterocycles. The molecule has 7 nitrogen and oxygen atoms in total. The Morgan fingerprint density at radius 3 is 2.46 bits per heavy atom. The van der Waals surface area contributed by atoms with Crippen LogP contribution in [0, 0.1) is 5.92 Å². The largest absolute Gasteiger partial charge is 0.326 e. The average Bonchev–Trinajstić information content (AvgIpc) is 3.29. The average molecular weight is 393 g/mol. The highest BCUT2D eigenvalue weighted by Gasteiger charge is 2.29. The van der Waals surface area contributed by atoms with Gasteiger partial charge in [-0.3, -0.25) is 9.59 Å². The van der Waals surface area contributed by atoms with Crippen molar-refractivity contribution in [2.45, 2.75) is 17.1 Å². The van der Waals surface area contributed by atoms with Gasteiger partial charge in [0.25, 0.3) is 10.0 Å². The third-order valence-corrected chi connectivity index (χ3v) is 7.06. The molecule has 1 saturated carbocycles. The Morgan fingerprint density at radius 1 is 1.15 bits per heavy atom. The smallest absolute Gasteiger partial charge is 0.252 e. The summed E-state index contributed by atoms with van der Waals surface area (Å²) < 4.78 is 25.9. The molecular formula is C17H19N3O4S2. The van der Waals surface area contributed by atoms with Crippen LogP contribution in [0.15, 0.2) is 46.0 Å². The van der Waals surface area contributed by atoms with E-state index in [-0.39, 0.29) is 22.6 Å². The first-order valence-corrected chi connectivity index (χ1v) is 10.4. The van der Waals surface area contributed by atoms with E-state index >= 15 is 0 Å². The molecule has 1 aliphatic carbocycles. The summed E-state index contributed by atoms with van der Waals surface area (Å²) in [6.45, 7) is -0.307. The number of anilines is 2. The van der Waals surface area contributed by atoms with Crippen LogP contribution in [0.25, 0.3) is 0 Å². The zero-order valence-electron chi connectivity index (χ0n) is 14.1. The van der Waals surface area contributed by atoms with Gasteiger partial charge in [0.1, 0.15) is 4.21 Å². The number of likely N-dealkylation sites (N-methyl/N-ethyl adjacent to an activating group) is 1. The third-order valence-electron chi connectivity index (χ3n) is 3.89. The molecule has 0 unspecified atom stereocenters. The Labute approximate surface area is 156 Å². The fourth-order valence-corrected chi connectivity index (χ4v) is 4.64. The number of carbonyl (C=O) groups is 2. The molecule has 26 heavy (non-hydrogen) atoms. The molecule has 2 N–H and O–H groups in total. The minimum Gasteiger partial charge on any atom is -0.326 e. The van der Waals surface area contributed by atoms with Crippen molar-refractivity contribution in [3.8, 4) is 0 Å². The number of thiophene rings is 1. The summed E-state index contributed by atoms with van der Waals surface area (Å²) in [7, 11) is -2.31. The van der Waals surface area contributed by atoms with Crippen molar-refractivity contribution in [2.24, 2.45) is 5.92 Å². The van der Waals surface area contributed by atoms with Crippen molar-refractivity contribution < 1.29 is 18.0 Å². The van der Waals surface area contributed by atoms with Crippen molar-refractivity contribution in [1.29, 1.82) is 0 Å². The van der Waals surface area contributed by atoms with Gasteiger partial charge in [-0.2, -0.15) is 4.31 Å². The van der Waals surface area contributed by atoms with Gasteiger partial charge in [0, 0.05) is 24.3 Å². The zero-order valence-corrected chi connectivity index (χ0v) is 15.8. The van der Waals surface area contributed by atoms with Crippen molar-refractivity contribution in [1.82, 2.24) is 4.31 Å². The molecule has 0 spiro atoms. The summed E-state index contributed by atoms with van der Waals surface area (Å²) in [5.74, 6) is -0.391. The maximum Gasteiger partial charge on any atom is 0.252 e. The lowest BCUT2D eigenvalue weighted by molar-refractivity contribution is -0.117. The van der Waals surface area contributed by atoms with Gasteiger partial charge < -0.3 is 10.6 Å². The fourth-order valence-electron chi connectivity index (χ4n) is 2.32. The van der Waals surface area contributed by atoms with Crippen LogP contribution in [0.4, 0.5) is 11.4 Å². The number of rotatable bonds is 7. The molecule has 0 radical (unpaired) electrons. The molecule has 0 saturated heterocycles. The molecule has 1 aliphatic rings. The molecule has 3 rings (SSSR count). The summed E-state index contributed by atoms with van der Waals surface area (Å²) in [5, 5.41) is 7.13. The topological polar surface area (TPSA) is 95.6 Å². The van der Waals surface area contributed by atoms with Crippen LogP contribution in [0.2, 0.25) is 0 Å². The lowest BCUT2D eigenvalue weighted by atomic mass is 10.2. The van der Waals surface area contributed by atoms with Crippen LogP contribution in [0.5, 0.6) is 0 Å². The lowest BCUT2D eigenvalue weighted by Gasteiger charge is -2.16. The first-order chi connectivity index (χ1) is 12.4. The number of nitrogens with one attached hydrogen (secondary N) is 2. The molecule has 9 heteroatoms. The molecule has 1 fully saturated rings. The van der Waals surface area contributed by atoms with E-state index in [2.05, 4.69) is 10.6 Å². The van der Waals surface area contributed by atoms with Crippen molar-refractivity contribution in [2.75, 3.05) is 24.2 Å². The van der Waals surface area contributed by atoms with E-state index in [9.17, 15) is 18.0 Å². The highest BCUT2D eigenvalue weighted by molar-refractivity contribution is 7.91. The Morgan fingerprint density at radius 2 is 1.85 bits per heavy atom. The number of carbonyl (C=O) groups excluding carboxylic acids is 2. The molecule has 1 heterocycles. The summed E-state index contributed by atoms with van der Waals surface area (Å²) in [6, 6.07) is 9.92. The Hall–Kier alpha value is -2.23. The van der Waals surface area contributed by atoms with Crippen molar-refractivity contribution in [3.05, 3.63) is 41.8 Å². The highest BCUT2D eigenvalue weighted by atomic mass is 32.2. The first-order valence-electron chi connectivity index (χ1n) is 8.07. The van der Waals surface area contributed by atoms with Gasteiger partial charge in [-0.05, 0) is 42.5 Å². The van der Waals surface area contributed by atoms with Gasteiger partial charge >= 0.3 is 0 Å². The second kappa shape index (κ2) is 7.56. The van der Waals surface area contributed by atoms with Crippen molar-refractivity contribution >= 4 is 44.5 Å². The van der Waals surface area contributed by atoms with Crippen LogP contribution in [-0.4, -0.2) is 38.1 Å². The van der Waals surface area contributed by atoms with E-state index in [4.69, 9.17) is 0 Å². The van der Waals surface area contributed by atoms with Crippen molar-refractivity contribution in [3.63, 3.8) is 0 Å². The quantitative estimate of drug-likeness (QED) is 0.755. The maximum absolute atomic E-state index is 12.3. The van der Waals surface area contributed by atoms with E-state index in [1.807, 2.05) is 0 Å². The molecule has 0 atom stereocenters.